The Hall–Kier alpha value is -3.96. The number of rotatable bonds is 8. The number of carbonyl (C=O) groups is 1. The summed E-state index contributed by atoms with van der Waals surface area (Å²) in [6.07, 6.45) is 6.50. The number of nitrogens with one attached hydrogen (secondary N) is 1. The molecule has 0 saturated heterocycles. The first-order valence-corrected chi connectivity index (χ1v) is 12.9. The van der Waals surface area contributed by atoms with Crippen molar-refractivity contribution in [1.82, 2.24) is 49.2 Å². The van der Waals surface area contributed by atoms with Crippen molar-refractivity contribution in [2.45, 2.75) is 73.1 Å². The summed E-state index contributed by atoms with van der Waals surface area (Å²) in [6, 6.07) is -0.458. The molecule has 194 valence electrons. The third-order valence-corrected chi connectivity index (χ3v) is 6.64. The van der Waals surface area contributed by atoms with Gasteiger partial charge < -0.3 is 19.4 Å². The van der Waals surface area contributed by atoms with Gasteiger partial charge in [0.1, 0.15) is 29.8 Å². The van der Waals surface area contributed by atoms with Gasteiger partial charge in [-0.2, -0.15) is 0 Å². The second kappa shape index (κ2) is 10.2. The molecule has 0 spiro atoms. The van der Waals surface area contributed by atoms with E-state index in [0.717, 1.165) is 23.6 Å². The van der Waals surface area contributed by atoms with E-state index in [1.54, 1.807) is 12.4 Å². The number of aryl methyl sites for hydroxylation is 2. The van der Waals surface area contributed by atoms with Crippen LogP contribution in [0.2, 0.25) is 0 Å². The smallest absolute Gasteiger partial charge is 0.245 e. The van der Waals surface area contributed by atoms with E-state index in [1.165, 1.54) is 6.33 Å². The average Bonchev–Trinajstić information content (AvgIpc) is 3.48. The minimum atomic E-state index is -0.458. The number of hydrogen-bond donors (Lipinski definition) is 1. The van der Waals surface area contributed by atoms with Crippen molar-refractivity contribution < 1.29 is 4.79 Å². The number of imidazole rings is 1. The minimum Gasteiger partial charge on any atom is -0.356 e. The van der Waals surface area contributed by atoms with Crippen molar-refractivity contribution in [3.05, 3.63) is 36.2 Å². The molecule has 4 aromatic rings. The second-order valence-electron chi connectivity index (χ2n) is 9.74. The van der Waals surface area contributed by atoms with E-state index < -0.39 is 6.04 Å². The van der Waals surface area contributed by atoms with Crippen LogP contribution in [0.1, 0.15) is 51.6 Å². The predicted molar refractivity (Wildman–Crippen MR) is 138 cm³/mol. The molecule has 12 nitrogen and oxygen atoms in total. The number of aromatic nitrogens is 9. The molecule has 5 heterocycles. The maximum absolute atomic E-state index is 13.6. The van der Waals surface area contributed by atoms with Gasteiger partial charge in [0.25, 0.3) is 0 Å². The monoisotopic (exact) mass is 503 g/mol. The summed E-state index contributed by atoms with van der Waals surface area (Å²) in [5, 5.41) is 12.1. The van der Waals surface area contributed by atoms with Crippen molar-refractivity contribution in [3.63, 3.8) is 0 Å². The Morgan fingerprint density at radius 1 is 1.08 bits per heavy atom. The highest BCUT2D eigenvalue weighted by molar-refractivity contribution is 5.90. The van der Waals surface area contributed by atoms with Crippen LogP contribution in [0.25, 0.3) is 22.6 Å². The van der Waals surface area contributed by atoms with Gasteiger partial charge in [-0.1, -0.05) is 20.8 Å². The van der Waals surface area contributed by atoms with Crippen LogP contribution in [-0.2, 0) is 30.8 Å². The van der Waals surface area contributed by atoms with Crippen LogP contribution >= 0.6 is 0 Å². The van der Waals surface area contributed by atoms with Gasteiger partial charge in [0.05, 0.1) is 12.1 Å². The van der Waals surface area contributed by atoms with Crippen molar-refractivity contribution in [3.8, 4) is 11.4 Å². The van der Waals surface area contributed by atoms with E-state index in [4.69, 9.17) is 4.98 Å². The van der Waals surface area contributed by atoms with Gasteiger partial charge in [-0.25, -0.2) is 24.9 Å². The Labute approximate surface area is 215 Å². The second-order valence-corrected chi connectivity index (χ2v) is 9.74. The van der Waals surface area contributed by atoms with Crippen LogP contribution in [0.5, 0.6) is 0 Å². The number of fused-ring (bicyclic) bond motifs is 2. The normalized spacial score (nSPS) is 14.3. The summed E-state index contributed by atoms with van der Waals surface area (Å²) < 4.78 is 4.16. The molecule has 1 N–H and O–H groups in total. The highest BCUT2D eigenvalue weighted by Crippen LogP contribution is 2.27. The van der Waals surface area contributed by atoms with Crippen LogP contribution in [0, 0.1) is 12.8 Å². The largest absolute Gasteiger partial charge is 0.356 e. The lowest BCUT2D eigenvalue weighted by molar-refractivity contribution is -0.133. The van der Waals surface area contributed by atoms with Crippen LogP contribution in [0.15, 0.2) is 18.7 Å². The van der Waals surface area contributed by atoms with Crippen molar-refractivity contribution in [2.75, 3.05) is 11.9 Å². The molecule has 0 saturated carbocycles. The van der Waals surface area contributed by atoms with Crippen molar-refractivity contribution >= 4 is 22.9 Å². The van der Waals surface area contributed by atoms with Crippen LogP contribution in [-0.4, -0.2) is 67.6 Å². The third-order valence-electron chi connectivity index (χ3n) is 6.64. The Balaban J connectivity index is 1.39. The van der Waals surface area contributed by atoms with Gasteiger partial charge in [-0.3, -0.25) is 4.79 Å². The van der Waals surface area contributed by atoms with Crippen LogP contribution in [0.3, 0.4) is 0 Å². The highest BCUT2D eigenvalue weighted by Gasteiger charge is 2.30. The molecule has 1 aliphatic heterocycles. The van der Waals surface area contributed by atoms with Crippen LogP contribution in [0.4, 0.5) is 5.82 Å². The molecule has 37 heavy (non-hydrogen) atoms. The maximum atomic E-state index is 13.6. The fourth-order valence-electron chi connectivity index (χ4n) is 4.72. The third kappa shape index (κ3) is 4.75. The molecule has 12 heteroatoms. The maximum Gasteiger partial charge on any atom is 0.245 e. The molecule has 0 fully saturated rings. The fourth-order valence-corrected chi connectivity index (χ4v) is 4.72. The zero-order valence-corrected chi connectivity index (χ0v) is 22.0. The van der Waals surface area contributed by atoms with Gasteiger partial charge in [0.2, 0.25) is 5.91 Å². The number of nitrogens with zero attached hydrogens (tertiary/aromatic N) is 10. The number of carbonyl (C=O) groups excluding carboxylic acids is 1. The number of amides is 1. The molecular weight excluding hydrogens is 470 g/mol. The molecule has 4 aromatic heterocycles. The molecule has 0 unspecified atom stereocenters. The lowest BCUT2D eigenvalue weighted by Crippen LogP contribution is -2.46. The molecule has 0 radical (unpaired) electrons. The van der Waals surface area contributed by atoms with E-state index in [1.807, 2.05) is 30.2 Å². The summed E-state index contributed by atoms with van der Waals surface area (Å²) in [4.78, 5) is 37.8. The lowest BCUT2D eigenvalue weighted by atomic mass is 10.1. The molecule has 0 bridgehead atoms. The molecule has 0 aromatic carbocycles. The van der Waals surface area contributed by atoms with E-state index in [9.17, 15) is 4.79 Å². The Morgan fingerprint density at radius 3 is 2.57 bits per heavy atom. The topological polar surface area (TPSA) is 132 Å². The van der Waals surface area contributed by atoms with Gasteiger partial charge >= 0.3 is 0 Å². The molecular formula is C25H33N11O. The Morgan fingerprint density at radius 2 is 1.86 bits per heavy atom. The zero-order valence-electron chi connectivity index (χ0n) is 22.0. The Bertz CT molecular complexity index is 1410. The molecule has 0 aliphatic carbocycles. The molecule has 1 amide bonds. The Kier molecular flexibility index (Phi) is 6.81. The van der Waals surface area contributed by atoms with E-state index in [-0.39, 0.29) is 5.91 Å². The summed E-state index contributed by atoms with van der Waals surface area (Å²) >= 11 is 0. The first kappa shape index (κ1) is 24.7. The first-order chi connectivity index (χ1) is 17.9. The number of hydrogen-bond acceptors (Lipinski definition) is 9. The number of anilines is 1. The lowest BCUT2D eigenvalue weighted by Gasteiger charge is -2.31. The van der Waals surface area contributed by atoms with Gasteiger partial charge in [-0.15, -0.1) is 10.2 Å². The molecule has 1 aliphatic rings. The van der Waals surface area contributed by atoms with Gasteiger partial charge in [0, 0.05) is 38.4 Å². The first-order valence-electron chi connectivity index (χ1n) is 12.9. The fraction of sp³-hybridized carbons (Fsp3) is 0.520. The SMILES string of the molecule is CC[C@@H](Nc1ncnc2c1nc(-c1cnc(C)nc1)n2CC)C(=O)N1CCn2c(CC(C)C)nnc2C1. The quantitative estimate of drug-likeness (QED) is 0.385. The molecule has 1 atom stereocenters. The van der Waals surface area contributed by atoms with Crippen molar-refractivity contribution in [1.29, 1.82) is 0 Å². The average molecular weight is 504 g/mol. The van der Waals surface area contributed by atoms with Crippen LogP contribution < -0.4 is 5.32 Å². The van der Waals surface area contributed by atoms with Gasteiger partial charge in [0.15, 0.2) is 22.8 Å². The van der Waals surface area contributed by atoms with Crippen molar-refractivity contribution in [2.24, 2.45) is 5.92 Å². The van der Waals surface area contributed by atoms with Gasteiger partial charge in [-0.05, 0) is 26.2 Å². The van der Waals surface area contributed by atoms with E-state index in [2.05, 4.69) is 53.9 Å². The summed E-state index contributed by atoms with van der Waals surface area (Å²) in [5.41, 5.74) is 2.11. The van der Waals surface area contributed by atoms with E-state index in [0.29, 0.717) is 67.1 Å². The standard InChI is InChI=1S/C25H33N11O/c1-6-18(25(37)34-8-9-36-19(10-15(3)4)32-33-20(36)13-34)30-22-21-24(29-14-28-22)35(7-2)23(31-21)17-11-26-16(5)27-12-17/h11-12,14-15,18H,6-10,13H2,1-5H3,(H,28,29,30)/t18-/m1/s1. The molecule has 5 rings (SSSR count). The minimum absolute atomic E-state index is 0.0102. The predicted octanol–water partition coefficient (Wildman–Crippen LogP) is 2.63. The highest BCUT2D eigenvalue weighted by atomic mass is 16.2. The summed E-state index contributed by atoms with van der Waals surface area (Å²) in [6.45, 7) is 12.6. The van der Waals surface area contributed by atoms with E-state index >= 15 is 0 Å². The summed E-state index contributed by atoms with van der Waals surface area (Å²) in [5.74, 6) is 4.28. The zero-order chi connectivity index (χ0) is 26.1. The summed E-state index contributed by atoms with van der Waals surface area (Å²) in [7, 11) is 0.